The molecule has 1 saturated heterocycles. The van der Waals surface area contributed by atoms with Crippen molar-refractivity contribution in [2.75, 3.05) is 32.7 Å². The van der Waals surface area contributed by atoms with Gasteiger partial charge in [-0.25, -0.2) is 0 Å². The van der Waals surface area contributed by atoms with E-state index in [1.54, 1.807) is 0 Å². The number of nitrogens with zero attached hydrogens (tertiary/aromatic N) is 3. The average Bonchev–Trinajstić information content (AvgIpc) is 3.05. The van der Waals surface area contributed by atoms with Gasteiger partial charge in [-0.15, -0.1) is 0 Å². The molecule has 1 atom stereocenters. The van der Waals surface area contributed by atoms with Gasteiger partial charge in [0.2, 0.25) is 6.10 Å². The maximum atomic E-state index is 12.5. The number of hydrogen-bond acceptors (Lipinski definition) is 4. The molecule has 3 rings (SSSR count). The maximum Gasteiger partial charge on any atom is 0.266 e. The largest absolute Gasteiger partial charge is 0.382 e. The zero-order valence-electron chi connectivity index (χ0n) is 12.4. The number of piperazine rings is 1. The minimum atomic E-state index is -0.451. The quantitative estimate of drug-likeness (QED) is 0.843. The Balaban J connectivity index is 1.57. The van der Waals surface area contributed by atoms with Crippen LogP contribution in [-0.4, -0.2) is 60.2 Å². The fourth-order valence-electron chi connectivity index (χ4n) is 2.80. The predicted octanol–water partition coefficient (Wildman–Crippen LogP) is 1.34. The van der Waals surface area contributed by atoms with Gasteiger partial charge in [-0.2, -0.15) is 0 Å². The predicted molar refractivity (Wildman–Crippen MR) is 81.2 cm³/mol. The van der Waals surface area contributed by atoms with Gasteiger partial charge < -0.3 is 14.6 Å². The average molecular weight is 287 g/mol. The molecule has 1 aromatic carbocycles. The van der Waals surface area contributed by atoms with Gasteiger partial charge in [0.05, 0.1) is 5.71 Å². The van der Waals surface area contributed by atoms with E-state index in [9.17, 15) is 4.79 Å². The molecule has 112 valence electrons. The van der Waals surface area contributed by atoms with Gasteiger partial charge in [-0.05, 0) is 12.1 Å². The summed E-state index contributed by atoms with van der Waals surface area (Å²) < 4.78 is 0. The molecule has 2 heterocycles. The van der Waals surface area contributed by atoms with E-state index in [1.165, 1.54) is 0 Å². The van der Waals surface area contributed by atoms with Crippen LogP contribution in [0.15, 0.2) is 35.5 Å². The SMILES string of the molecule is CCN1CCN(C(=O)[C@H]2CC(c3ccccc3)=NO2)CC1. The van der Waals surface area contributed by atoms with Crippen molar-refractivity contribution in [1.29, 1.82) is 0 Å². The molecule has 5 nitrogen and oxygen atoms in total. The standard InChI is InChI=1S/C16H21N3O2/c1-2-18-8-10-19(11-9-18)16(20)15-12-14(17-21-15)13-6-4-3-5-7-13/h3-7,15H,2,8-12H2,1H3/t15-/m1/s1. The fourth-order valence-corrected chi connectivity index (χ4v) is 2.80. The zero-order chi connectivity index (χ0) is 14.7. The van der Waals surface area contributed by atoms with Crippen molar-refractivity contribution in [2.45, 2.75) is 19.4 Å². The van der Waals surface area contributed by atoms with Gasteiger partial charge in [0.25, 0.3) is 5.91 Å². The Morgan fingerprint density at radius 1 is 1.24 bits per heavy atom. The van der Waals surface area contributed by atoms with E-state index in [1.807, 2.05) is 35.2 Å². The van der Waals surface area contributed by atoms with Crippen molar-refractivity contribution in [3.8, 4) is 0 Å². The molecule has 1 fully saturated rings. The first-order valence-corrected chi connectivity index (χ1v) is 7.57. The number of likely N-dealkylation sites (N-methyl/N-ethyl adjacent to an activating group) is 1. The number of amides is 1. The fraction of sp³-hybridized carbons (Fsp3) is 0.500. The van der Waals surface area contributed by atoms with Crippen LogP contribution in [0.4, 0.5) is 0 Å². The second kappa shape index (κ2) is 6.26. The van der Waals surface area contributed by atoms with Crippen molar-refractivity contribution < 1.29 is 9.63 Å². The molecule has 2 aliphatic rings. The number of rotatable bonds is 3. The van der Waals surface area contributed by atoms with Crippen LogP contribution in [0.5, 0.6) is 0 Å². The summed E-state index contributed by atoms with van der Waals surface area (Å²) in [5.74, 6) is 0.0698. The summed E-state index contributed by atoms with van der Waals surface area (Å²) in [7, 11) is 0. The minimum Gasteiger partial charge on any atom is -0.382 e. The zero-order valence-corrected chi connectivity index (χ0v) is 12.4. The van der Waals surface area contributed by atoms with Crippen molar-refractivity contribution >= 4 is 11.6 Å². The Kier molecular flexibility index (Phi) is 4.20. The maximum absolute atomic E-state index is 12.5. The first-order chi connectivity index (χ1) is 10.3. The van der Waals surface area contributed by atoms with E-state index in [-0.39, 0.29) is 5.91 Å². The lowest BCUT2D eigenvalue weighted by Gasteiger charge is -2.34. The highest BCUT2D eigenvalue weighted by molar-refractivity contribution is 6.04. The lowest BCUT2D eigenvalue weighted by molar-refractivity contribution is -0.143. The Morgan fingerprint density at radius 2 is 1.95 bits per heavy atom. The normalized spacial score (nSPS) is 22.8. The number of benzene rings is 1. The van der Waals surface area contributed by atoms with Crippen LogP contribution in [0, 0.1) is 0 Å². The molecule has 0 aliphatic carbocycles. The molecule has 0 saturated carbocycles. The first-order valence-electron chi connectivity index (χ1n) is 7.57. The Labute approximate surface area is 125 Å². The Hall–Kier alpha value is -1.88. The van der Waals surface area contributed by atoms with Crippen LogP contribution in [-0.2, 0) is 9.63 Å². The Morgan fingerprint density at radius 3 is 2.62 bits per heavy atom. The molecule has 0 N–H and O–H groups in total. The molecule has 0 radical (unpaired) electrons. The summed E-state index contributed by atoms with van der Waals surface area (Å²) in [6.07, 6.45) is 0.116. The highest BCUT2D eigenvalue weighted by Gasteiger charge is 2.33. The van der Waals surface area contributed by atoms with Gasteiger partial charge in [0.15, 0.2) is 0 Å². The third-order valence-electron chi connectivity index (χ3n) is 4.18. The van der Waals surface area contributed by atoms with Gasteiger partial charge in [-0.3, -0.25) is 4.79 Å². The Bertz CT molecular complexity index is 522. The second-order valence-corrected chi connectivity index (χ2v) is 5.46. The van der Waals surface area contributed by atoms with Gasteiger partial charge in [0, 0.05) is 32.6 Å². The molecule has 0 bridgehead atoms. The topological polar surface area (TPSA) is 45.1 Å². The summed E-state index contributed by atoms with van der Waals surface area (Å²) in [4.78, 5) is 22.1. The number of carbonyl (C=O) groups excluding carboxylic acids is 1. The van der Waals surface area contributed by atoms with Crippen molar-refractivity contribution in [3.63, 3.8) is 0 Å². The summed E-state index contributed by atoms with van der Waals surface area (Å²) in [5.41, 5.74) is 1.89. The van der Waals surface area contributed by atoms with Gasteiger partial charge in [0.1, 0.15) is 0 Å². The summed E-state index contributed by atoms with van der Waals surface area (Å²) >= 11 is 0. The summed E-state index contributed by atoms with van der Waals surface area (Å²) in [5, 5.41) is 4.09. The van der Waals surface area contributed by atoms with E-state index in [0.717, 1.165) is 44.0 Å². The van der Waals surface area contributed by atoms with Crippen molar-refractivity contribution in [3.05, 3.63) is 35.9 Å². The van der Waals surface area contributed by atoms with Crippen LogP contribution >= 0.6 is 0 Å². The number of oxime groups is 1. The van der Waals surface area contributed by atoms with Crippen LogP contribution in [0.3, 0.4) is 0 Å². The smallest absolute Gasteiger partial charge is 0.266 e. The summed E-state index contributed by atoms with van der Waals surface area (Å²) in [6, 6.07) is 9.90. The number of carbonyl (C=O) groups is 1. The molecule has 5 heteroatoms. The van der Waals surface area contributed by atoms with Gasteiger partial charge in [-0.1, -0.05) is 42.4 Å². The molecule has 1 aromatic rings. The molecular weight excluding hydrogens is 266 g/mol. The third-order valence-corrected chi connectivity index (χ3v) is 4.18. The van der Waals surface area contributed by atoms with E-state index < -0.39 is 6.10 Å². The van der Waals surface area contributed by atoms with E-state index in [0.29, 0.717) is 6.42 Å². The van der Waals surface area contributed by atoms with E-state index in [4.69, 9.17) is 4.84 Å². The van der Waals surface area contributed by atoms with Crippen LogP contribution in [0.25, 0.3) is 0 Å². The first kappa shape index (κ1) is 14.1. The molecule has 0 aromatic heterocycles. The summed E-state index contributed by atoms with van der Waals surface area (Å²) in [6.45, 7) is 6.66. The highest BCUT2D eigenvalue weighted by atomic mass is 16.6. The third kappa shape index (κ3) is 3.08. The molecule has 21 heavy (non-hydrogen) atoms. The highest BCUT2D eigenvalue weighted by Crippen LogP contribution is 2.19. The van der Waals surface area contributed by atoms with E-state index >= 15 is 0 Å². The number of hydrogen-bond donors (Lipinski definition) is 0. The van der Waals surface area contributed by atoms with Crippen LogP contribution in [0.1, 0.15) is 18.9 Å². The van der Waals surface area contributed by atoms with Gasteiger partial charge >= 0.3 is 0 Å². The molecule has 1 amide bonds. The second-order valence-electron chi connectivity index (χ2n) is 5.46. The van der Waals surface area contributed by atoms with Crippen molar-refractivity contribution in [2.24, 2.45) is 5.16 Å². The lowest BCUT2D eigenvalue weighted by atomic mass is 10.0. The van der Waals surface area contributed by atoms with E-state index in [2.05, 4.69) is 17.0 Å². The van der Waals surface area contributed by atoms with Crippen LogP contribution in [0.2, 0.25) is 0 Å². The molecule has 0 unspecified atom stereocenters. The molecule has 2 aliphatic heterocycles. The monoisotopic (exact) mass is 287 g/mol. The van der Waals surface area contributed by atoms with Crippen molar-refractivity contribution in [1.82, 2.24) is 9.80 Å². The lowest BCUT2D eigenvalue weighted by Crippen LogP contribution is -2.51. The molecule has 0 spiro atoms. The molecular formula is C16H21N3O2. The minimum absolute atomic E-state index is 0.0698. The van der Waals surface area contributed by atoms with Crippen LogP contribution < -0.4 is 0 Å².